The summed E-state index contributed by atoms with van der Waals surface area (Å²) in [6.07, 6.45) is 5.26. The summed E-state index contributed by atoms with van der Waals surface area (Å²) in [4.78, 5) is 0. The van der Waals surface area contributed by atoms with Crippen molar-refractivity contribution >= 4 is 0 Å². The quantitative estimate of drug-likeness (QED) is 0.570. The molecule has 1 atom stereocenters. The van der Waals surface area contributed by atoms with E-state index in [9.17, 15) is 0 Å². The molecule has 0 spiro atoms. The number of methoxy groups -OCH3 is 1. The van der Waals surface area contributed by atoms with Crippen molar-refractivity contribution in [3.8, 4) is 0 Å². The third kappa shape index (κ3) is 1.24. The molecule has 0 aromatic heterocycles. The summed E-state index contributed by atoms with van der Waals surface area (Å²) in [5.41, 5.74) is 4.97. The second kappa shape index (κ2) is 2.48. The van der Waals surface area contributed by atoms with Gasteiger partial charge in [0, 0.05) is 18.1 Å². The van der Waals surface area contributed by atoms with Crippen molar-refractivity contribution < 1.29 is 4.74 Å². The van der Waals surface area contributed by atoms with Crippen molar-refractivity contribution in [2.75, 3.05) is 7.11 Å². The lowest BCUT2D eigenvalue weighted by Gasteiger charge is -1.95. The van der Waals surface area contributed by atoms with E-state index in [1.165, 1.54) is 18.4 Å². The van der Waals surface area contributed by atoms with E-state index < -0.39 is 0 Å². The van der Waals surface area contributed by atoms with Crippen LogP contribution in [0.25, 0.3) is 0 Å². The van der Waals surface area contributed by atoms with Gasteiger partial charge in [0.05, 0.1) is 6.10 Å². The molecule has 12 heavy (non-hydrogen) atoms. The van der Waals surface area contributed by atoms with Gasteiger partial charge >= 0.3 is 0 Å². The Labute approximate surface area is 74.1 Å². The summed E-state index contributed by atoms with van der Waals surface area (Å²) >= 11 is 0. The third-order valence-corrected chi connectivity index (χ3v) is 2.86. The number of hydrogen-bond donors (Lipinski definition) is 0. The minimum Gasteiger partial charge on any atom is -0.376 e. The minimum absolute atomic E-state index is 0.250. The lowest BCUT2D eigenvalue weighted by atomic mass is 10.2. The topological polar surface area (TPSA) is 9.23 Å². The van der Waals surface area contributed by atoms with E-state index in [1.54, 1.807) is 7.11 Å². The van der Waals surface area contributed by atoms with Gasteiger partial charge in [-0.1, -0.05) is 13.8 Å². The molecule has 2 rings (SSSR count). The Kier molecular flexibility index (Phi) is 1.67. The van der Waals surface area contributed by atoms with Crippen molar-refractivity contribution in [2.24, 2.45) is 11.3 Å². The van der Waals surface area contributed by atoms with E-state index >= 15 is 0 Å². The zero-order valence-corrected chi connectivity index (χ0v) is 8.05. The molecule has 0 N–H and O–H groups in total. The van der Waals surface area contributed by atoms with Gasteiger partial charge in [0.2, 0.25) is 0 Å². The van der Waals surface area contributed by atoms with Crippen LogP contribution in [0.4, 0.5) is 0 Å². The molecule has 0 radical (unpaired) electrons. The molecule has 2 aliphatic rings. The fourth-order valence-corrected chi connectivity index (χ4v) is 1.65. The monoisotopic (exact) mass is 164 g/mol. The Bertz CT molecular complexity index is 252. The largest absolute Gasteiger partial charge is 0.376 e. The van der Waals surface area contributed by atoms with Crippen LogP contribution in [0.5, 0.6) is 0 Å². The number of rotatable bonds is 2. The molecule has 66 valence electrons. The summed E-state index contributed by atoms with van der Waals surface area (Å²) < 4.78 is 5.32. The highest BCUT2D eigenvalue weighted by molar-refractivity contribution is 5.38. The molecular formula is C11H16O. The zero-order chi connectivity index (χ0) is 8.77. The highest BCUT2D eigenvalue weighted by Gasteiger charge is 2.53. The van der Waals surface area contributed by atoms with Crippen molar-refractivity contribution in [1.29, 1.82) is 0 Å². The molecule has 0 heterocycles. The SMILES string of the molecule is COC1C(=C=CC2CC2)C1(C)C. The van der Waals surface area contributed by atoms with E-state index in [0.717, 1.165) is 5.92 Å². The molecule has 1 nitrogen and oxygen atoms in total. The maximum atomic E-state index is 5.32. The van der Waals surface area contributed by atoms with Crippen LogP contribution in [0.1, 0.15) is 26.7 Å². The van der Waals surface area contributed by atoms with Gasteiger partial charge in [-0.2, -0.15) is 0 Å². The van der Waals surface area contributed by atoms with E-state index in [4.69, 9.17) is 4.74 Å². The van der Waals surface area contributed by atoms with E-state index in [2.05, 4.69) is 25.7 Å². The van der Waals surface area contributed by atoms with E-state index in [0.29, 0.717) is 6.10 Å². The lowest BCUT2D eigenvalue weighted by Crippen LogP contribution is -1.96. The molecule has 0 amide bonds. The van der Waals surface area contributed by atoms with Crippen LogP contribution in [0.15, 0.2) is 17.4 Å². The van der Waals surface area contributed by atoms with Crippen molar-refractivity contribution in [3.05, 3.63) is 17.4 Å². The second-order valence-electron chi connectivity index (χ2n) is 4.40. The van der Waals surface area contributed by atoms with Crippen molar-refractivity contribution in [2.45, 2.75) is 32.8 Å². The van der Waals surface area contributed by atoms with Gasteiger partial charge in [-0.25, -0.2) is 0 Å². The zero-order valence-electron chi connectivity index (χ0n) is 8.05. The van der Waals surface area contributed by atoms with Gasteiger partial charge in [-0.3, -0.25) is 0 Å². The lowest BCUT2D eigenvalue weighted by molar-refractivity contribution is 0.156. The second-order valence-corrected chi connectivity index (χ2v) is 4.40. The van der Waals surface area contributed by atoms with Gasteiger partial charge < -0.3 is 4.74 Å². The van der Waals surface area contributed by atoms with E-state index in [1.807, 2.05) is 0 Å². The van der Waals surface area contributed by atoms with Gasteiger partial charge in [0.25, 0.3) is 0 Å². The smallest absolute Gasteiger partial charge is 0.0956 e. The van der Waals surface area contributed by atoms with Gasteiger partial charge in [0.15, 0.2) is 0 Å². The molecule has 2 saturated carbocycles. The summed E-state index contributed by atoms with van der Waals surface area (Å²) in [6.45, 7) is 4.43. The Balaban J connectivity index is 2.10. The fourth-order valence-electron chi connectivity index (χ4n) is 1.65. The molecule has 0 aliphatic heterocycles. The molecule has 0 aromatic carbocycles. The molecule has 1 unspecified atom stereocenters. The minimum atomic E-state index is 0.250. The maximum absolute atomic E-state index is 5.32. The molecule has 2 aliphatic carbocycles. The Morgan fingerprint density at radius 1 is 1.50 bits per heavy atom. The Morgan fingerprint density at radius 2 is 2.17 bits per heavy atom. The van der Waals surface area contributed by atoms with Crippen LogP contribution in [-0.2, 0) is 4.74 Å². The van der Waals surface area contributed by atoms with Crippen LogP contribution in [0.2, 0.25) is 0 Å². The number of hydrogen-bond acceptors (Lipinski definition) is 1. The standard InChI is InChI=1S/C11H16O/c1-11(2)9(10(11)12-3)7-6-8-4-5-8/h6,8,10H,4-5H2,1-3H3. The molecule has 0 bridgehead atoms. The van der Waals surface area contributed by atoms with Gasteiger partial charge in [0.1, 0.15) is 0 Å². The van der Waals surface area contributed by atoms with Crippen LogP contribution >= 0.6 is 0 Å². The van der Waals surface area contributed by atoms with Gasteiger partial charge in [-0.05, 0) is 24.8 Å². The Morgan fingerprint density at radius 3 is 2.58 bits per heavy atom. The molecule has 0 aromatic rings. The van der Waals surface area contributed by atoms with Crippen LogP contribution < -0.4 is 0 Å². The summed E-state index contributed by atoms with van der Waals surface area (Å²) in [7, 11) is 1.78. The predicted molar refractivity (Wildman–Crippen MR) is 48.9 cm³/mol. The predicted octanol–water partition coefficient (Wildman–Crippen LogP) is 2.53. The van der Waals surface area contributed by atoms with Crippen molar-refractivity contribution in [3.63, 3.8) is 0 Å². The van der Waals surface area contributed by atoms with Crippen LogP contribution in [-0.4, -0.2) is 13.2 Å². The first-order chi connectivity index (χ1) is 5.66. The average Bonchev–Trinajstić information content (AvgIpc) is 2.84. The first-order valence-electron chi connectivity index (χ1n) is 4.66. The molecule has 0 saturated heterocycles. The molecule has 1 heteroatoms. The summed E-state index contributed by atoms with van der Waals surface area (Å²) in [5.74, 6) is 0.825. The Hall–Kier alpha value is -0.520. The first-order valence-corrected chi connectivity index (χ1v) is 4.66. The maximum Gasteiger partial charge on any atom is 0.0956 e. The number of ether oxygens (including phenoxy) is 1. The van der Waals surface area contributed by atoms with Crippen LogP contribution in [0.3, 0.4) is 0 Å². The highest BCUT2D eigenvalue weighted by Crippen LogP contribution is 2.52. The van der Waals surface area contributed by atoms with Crippen LogP contribution in [0, 0.1) is 11.3 Å². The van der Waals surface area contributed by atoms with Crippen molar-refractivity contribution in [1.82, 2.24) is 0 Å². The molecule has 2 fully saturated rings. The average molecular weight is 164 g/mol. The third-order valence-electron chi connectivity index (χ3n) is 2.86. The normalized spacial score (nSPS) is 31.2. The summed E-state index contributed by atoms with van der Waals surface area (Å²) in [6, 6.07) is 0. The highest BCUT2D eigenvalue weighted by atomic mass is 16.5. The molecular weight excluding hydrogens is 148 g/mol. The first kappa shape index (κ1) is 8.10. The van der Waals surface area contributed by atoms with Gasteiger partial charge in [-0.15, -0.1) is 5.73 Å². The fraction of sp³-hybridized carbons (Fsp3) is 0.727. The summed E-state index contributed by atoms with van der Waals surface area (Å²) in [5, 5.41) is 0. The van der Waals surface area contributed by atoms with E-state index in [-0.39, 0.29) is 5.41 Å².